The van der Waals surface area contributed by atoms with E-state index < -0.39 is 35.1 Å². The fraction of sp³-hybridized carbons (Fsp3) is 0.375. The van der Waals surface area contributed by atoms with Crippen LogP contribution in [0.5, 0.6) is 0 Å². The van der Waals surface area contributed by atoms with E-state index in [1.165, 1.54) is 11.3 Å². The molecule has 0 saturated heterocycles. The molecule has 0 aliphatic carbocycles. The van der Waals surface area contributed by atoms with Crippen LogP contribution in [0.15, 0.2) is 23.6 Å². The Morgan fingerprint density at radius 2 is 1.62 bits per heavy atom. The number of hydrogen-bond acceptors (Lipinski definition) is 3. The van der Waals surface area contributed by atoms with Gasteiger partial charge in [0.1, 0.15) is 0 Å². The van der Waals surface area contributed by atoms with Crippen molar-refractivity contribution in [3.8, 4) is 0 Å². The zero-order valence-corrected chi connectivity index (χ0v) is 14.4. The minimum atomic E-state index is -4.97. The van der Waals surface area contributed by atoms with E-state index in [9.17, 15) is 31.1 Å². The molecule has 0 aliphatic rings. The maximum absolute atomic E-state index is 12.8. The van der Waals surface area contributed by atoms with E-state index in [0.717, 1.165) is 5.01 Å². The summed E-state index contributed by atoms with van der Waals surface area (Å²) in [5, 5.41) is 4.49. The lowest BCUT2D eigenvalue weighted by Gasteiger charge is -2.14. The molecule has 0 radical (unpaired) electrons. The molecule has 0 atom stereocenters. The molecule has 0 bridgehead atoms. The van der Waals surface area contributed by atoms with Gasteiger partial charge < -0.3 is 5.32 Å². The Morgan fingerprint density at radius 3 is 2.04 bits per heavy atom. The summed E-state index contributed by atoms with van der Waals surface area (Å²) in [6.45, 7) is 3.81. The van der Waals surface area contributed by atoms with Crippen molar-refractivity contribution in [2.24, 2.45) is 0 Å². The van der Waals surface area contributed by atoms with Gasteiger partial charge in [0.15, 0.2) is 0 Å². The number of carbonyl (C=O) groups is 1. The van der Waals surface area contributed by atoms with E-state index in [1.54, 1.807) is 5.38 Å². The second-order valence-electron chi connectivity index (χ2n) is 5.85. The number of anilines is 1. The number of nitrogens with one attached hydrogen (secondary N) is 1. The molecule has 26 heavy (non-hydrogen) atoms. The predicted octanol–water partition coefficient (Wildman–Crippen LogP) is 5.49. The van der Waals surface area contributed by atoms with Crippen LogP contribution in [0.3, 0.4) is 0 Å². The van der Waals surface area contributed by atoms with Crippen molar-refractivity contribution in [1.82, 2.24) is 4.98 Å². The van der Waals surface area contributed by atoms with Crippen molar-refractivity contribution in [2.75, 3.05) is 5.32 Å². The normalized spacial score (nSPS) is 12.5. The summed E-state index contributed by atoms with van der Waals surface area (Å²) in [7, 11) is 0. The molecule has 10 heteroatoms. The van der Waals surface area contributed by atoms with Crippen LogP contribution in [-0.2, 0) is 23.6 Å². The van der Waals surface area contributed by atoms with Crippen molar-refractivity contribution in [3.63, 3.8) is 0 Å². The molecule has 0 aliphatic heterocycles. The third-order valence-corrected chi connectivity index (χ3v) is 4.47. The molecule has 1 amide bonds. The van der Waals surface area contributed by atoms with Gasteiger partial charge in [-0.1, -0.05) is 13.8 Å². The molecule has 1 aromatic carbocycles. The van der Waals surface area contributed by atoms with E-state index in [2.05, 4.69) is 10.3 Å². The number of aromatic nitrogens is 1. The minimum absolute atomic E-state index is 0.00496. The summed E-state index contributed by atoms with van der Waals surface area (Å²) in [5.74, 6) is -0.604. The van der Waals surface area contributed by atoms with E-state index >= 15 is 0 Å². The van der Waals surface area contributed by atoms with Crippen LogP contribution in [0.25, 0.3) is 0 Å². The molecule has 142 valence electrons. The zero-order valence-electron chi connectivity index (χ0n) is 13.6. The number of rotatable bonds is 4. The summed E-state index contributed by atoms with van der Waals surface area (Å²) >= 11 is 1.33. The average Bonchev–Trinajstić information content (AvgIpc) is 2.93. The summed E-state index contributed by atoms with van der Waals surface area (Å²) in [4.78, 5) is 16.2. The Kier molecular flexibility index (Phi) is 5.64. The largest absolute Gasteiger partial charge is 0.416 e. The Bertz CT molecular complexity index is 763. The quantitative estimate of drug-likeness (QED) is 0.695. The molecular formula is C16H14F6N2OS. The van der Waals surface area contributed by atoms with Gasteiger partial charge in [-0.15, -0.1) is 11.3 Å². The Labute approximate surface area is 149 Å². The number of hydrogen-bond donors (Lipinski definition) is 1. The maximum Gasteiger partial charge on any atom is 0.416 e. The number of thiazole rings is 1. The van der Waals surface area contributed by atoms with Crippen LogP contribution in [0.2, 0.25) is 0 Å². The summed E-state index contributed by atoms with van der Waals surface area (Å²) in [6.07, 6.45) is -10.2. The average molecular weight is 396 g/mol. The lowest BCUT2D eigenvalue weighted by Crippen LogP contribution is -2.17. The first-order valence-electron chi connectivity index (χ1n) is 7.40. The number of carbonyl (C=O) groups excluding carboxylic acids is 1. The smallest absolute Gasteiger partial charge is 0.326 e. The van der Waals surface area contributed by atoms with Crippen molar-refractivity contribution < 1.29 is 31.1 Å². The second-order valence-corrected chi connectivity index (χ2v) is 6.74. The third-order valence-electron chi connectivity index (χ3n) is 3.28. The fourth-order valence-electron chi connectivity index (χ4n) is 2.07. The molecule has 0 spiro atoms. The number of halogens is 6. The number of benzene rings is 1. The standard InChI is InChI=1S/C16H14F6N2OS/c1-8(2)14-24-12(7-26-14)6-13(25)23-11-4-9(15(17,18)19)3-10(5-11)16(20,21)22/h3-5,7-8H,6H2,1-2H3,(H,23,25). The lowest BCUT2D eigenvalue weighted by atomic mass is 10.1. The van der Waals surface area contributed by atoms with Gasteiger partial charge in [-0.2, -0.15) is 26.3 Å². The SMILES string of the molecule is CC(C)c1nc(CC(=O)Nc2cc(C(F)(F)F)cc(C(F)(F)F)c2)cs1. The molecule has 1 heterocycles. The Hall–Kier alpha value is -2.10. The molecular weight excluding hydrogens is 382 g/mol. The van der Waals surface area contributed by atoms with Crippen molar-refractivity contribution >= 4 is 22.9 Å². The molecule has 0 saturated carbocycles. The molecule has 2 aromatic rings. The van der Waals surface area contributed by atoms with Crippen LogP contribution in [0, 0.1) is 0 Å². The number of amides is 1. The molecule has 1 aromatic heterocycles. The monoisotopic (exact) mass is 396 g/mol. The molecule has 0 fully saturated rings. The van der Waals surface area contributed by atoms with Crippen LogP contribution in [0.1, 0.15) is 41.6 Å². The summed E-state index contributed by atoms with van der Waals surface area (Å²) in [5.41, 5.74) is -3.15. The van der Waals surface area contributed by atoms with Crippen molar-refractivity contribution in [1.29, 1.82) is 0 Å². The Morgan fingerprint density at radius 1 is 1.08 bits per heavy atom. The molecule has 0 unspecified atom stereocenters. The van der Waals surface area contributed by atoms with E-state index in [0.29, 0.717) is 17.8 Å². The third kappa shape index (κ3) is 5.20. The molecule has 1 N–H and O–H groups in total. The summed E-state index contributed by atoms with van der Waals surface area (Å²) < 4.78 is 76.9. The highest BCUT2D eigenvalue weighted by Crippen LogP contribution is 2.37. The topological polar surface area (TPSA) is 42.0 Å². The second kappa shape index (κ2) is 7.26. The van der Waals surface area contributed by atoms with Gasteiger partial charge in [0, 0.05) is 17.0 Å². The molecule has 2 rings (SSSR count). The van der Waals surface area contributed by atoms with Gasteiger partial charge in [-0.3, -0.25) is 4.79 Å². The van der Waals surface area contributed by atoms with Crippen molar-refractivity contribution in [3.05, 3.63) is 45.4 Å². The van der Waals surface area contributed by atoms with Gasteiger partial charge in [0.25, 0.3) is 0 Å². The van der Waals surface area contributed by atoms with Gasteiger partial charge in [-0.05, 0) is 18.2 Å². The van der Waals surface area contributed by atoms with Gasteiger partial charge in [0.2, 0.25) is 5.91 Å². The minimum Gasteiger partial charge on any atom is -0.326 e. The van der Waals surface area contributed by atoms with Crippen LogP contribution < -0.4 is 5.32 Å². The highest BCUT2D eigenvalue weighted by Gasteiger charge is 2.37. The first kappa shape index (κ1) is 20.2. The Balaban J connectivity index is 2.22. The van der Waals surface area contributed by atoms with Crippen LogP contribution in [0.4, 0.5) is 32.0 Å². The van der Waals surface area contributed by atoms with Gasteiger partial charge in [-0.25, -0.2) is 4.98 Å². The number of alkyl halides is 6. The first-order valence-corrected chi connectivity index (χ1v) is 8.28. The summed E-state index contributed by atoms with van der Waals surface area (Å²) in [6, 6.07) is 0.937. The van der Waals surface area contributed by atoms with Crippen molar-refractivity contribution in [2.45, 2.75) is 38.5 Å². The lowest BCUT2D eigenvalue weighted by molar-refractivity contribution is -0.143. The number of nitrogens with zero attached hydrogens (tertiary/aromatic N) is 1. The van der Waals surface area contributed by atoms with Gasteiger partial charge >= 0.3 is 12.4 Å². The van der Waals surface area contributed by atoms with Crippen LogP contribution in [-0.4, -0.2) is 10.9 Å². The maximum atomic E-state index is 12.8. The van der Waals surface area contributed by atoms with Crippen LogP contribution >= 0.6 is 11.3 Å². The van der Waals surface area contributed by atoms with Gasteiger partial charge in [0.05, 0.1) is 28.2 Å². The fourth-order valence-corrected chi connectivity index (χ4v) is 2.90. The zero-order chi connectivity index (χ0) is 19.7. The van der Waals surface area contributed by atoms with E-state index in [4.69, 9.17) is 0 Å². The van der Waals surface area contributed by atoms with E-state index in [1.807, 2.05) is 13.8 Å². The first-order chi connectivity index (χ1) is 11.9. The van der Waals surface area contributed by atoms with E-state index in [-0.39, 0.29) is 18.4 Å². The highest BCUT2D eigenvalue weighted by molar-refractivity contribution is 7.09. The molecule has 3 nitrogen and oxygen atoms in total. The predicted molar refractivity (Wildman–Crippen MR) is 85.0 cm³/mol. The highest BCUT2D eigenvalue weighted by atomic mass is 32.1.